The van der Waals surface area contributed by atoms with Crippen LogP contribution in [0.3, 0.4) is 0 Å². The van der Waals surface area contributed by atoms with Gasteiger partial charge in [-0.05, 0) is 24.5 Å². The van der Waals surface area contributed by atoms with Crippen LogP contribution in [0.25, 0.3) is 11.3 Å². The normalized spacial score (nSPS) is 19.0. The number of nitrogens with zero attached hydrogens (tertiary/aromatic N) is 2. The molecule has 0 saturated carbocycles. The van der Waals surface area contributed by atoms with Crippen molar-refractivity contribution in [2.45, 2.75) is 26.3 Å². The number of anilines is 1. The van der Waals surface area contributed by atoms with E-state index in [1.807, 2.05) is 18.2 Å². The summed E-state index contributed by atoms with van der Waals surface area (Å²) in [6.07, 6.45) is 4.48. The summed E-state index contributed by atoms with van der Waals surface area (Å²) in [5.41, 5.74) is 8.75. The van der Waals surface area contributed by atoms with Crippen molar-refractivity contribution < 1.29 is 0 Å². The first-order chi connectivity index (χ1) is 8.22. The molecule has 3 nitrogen and oxygen atoms in total. The van der Waals surface area contributed by atoms with Crippen molar-refractivity contribution in [3.8, 4) is 11.3 Å². The molecule has 0 saturated heterocycles. The Bertz CT molecular complexity index is 542. The molecule has 1 aliphatic heterocycles. The third kappa shape index (κ3) is 1.93. The van der Waals surface area contributed by atoms with E-state index in [0.29, 0.717) is 0 Å². The molecule has 3 heteroatoms. The van der Waals surface area contributed by atoms with Crippen LogP contribution >= 0.6 is 0 Å². The van der Waals surface area contributed by atoms with Crippen LogP contribution in [0.4, 0.5) is 5.69 Å². The first-order valence-corrected chi connectivity index (χ1v) is 6.14. The van der Waals surface area contributed by atoms with Gasteiger partial charge in [0.05, 0.1) is 5.69 Å². The standard InChI is InChI=1S/C14H17N3/c1-10-5-6-14-16-13(9-17(14)8-10)11-3-2-4-12(15)7-11/h2-4,7,9-10H,5-6,8,15H2,1H3/t10-/m0/s1. The molecule has 0 fully saturated rings. The maximum Gasteiger partial charge on any atom is 0.109 e. The number of nitrogen functional groups attached to an aromatic ring is 1. The second-order valence-corrected chi connectivity index (χ2v) is 4.96. The van der Waals surface area contributed by atoms with Gasteiger partial charge in [0.1, 0.15) is 5.82 Å². The van der Waals surface area contributed by atoms with Crippen LogP contribution < -0.4 is 5.73 Å². The number of hydrogen-bond donors (Lipinski definition) is 1. The highest BCUT2D eigenvalue weighted by Crippen LogP contribution is 2.25. The Morgan fingerprint density at radius 1 is 1.41 bits per heavy atom. The van der Waals surface area contributed by atoms with Gasteiger partial charge in [-0.15, -0.1) is 0 Å². The number of nitrogens with two attached hydrogens (primary N) is 1. The summed E-state index contributed by atoms with van der Waals surface area (Å²) >= 11 is 0. The Kier molecular flexibility index (Phi) is 2.39. The van der Waals surface area contributed by atoms with Crippen molar-refractivity contribution in [2.24, 2.45) is 5.92 Å². The summed E-state index contributed by atoms with van der Waals surface area (Å²) in [5, 5.41) is 0. The average molecular weight is 227 g/mol. The van der Waals surface area contributed by atoms with Crippen LogP contribution in [0.2, 0.25) is 0 Å². The molecule has 1 aromatic heterocycles. The monoisotopic (exact) mass is 227 g/mol. The lowest BCUT2D eigenvalue weighted by atomic mass is 10.0. The molecule has 88 valence electrons. The van der Waals surface area contributed by atoms with Gasteiger partial charge in [0, 0.05) is 30.4 Å². The van der Waals surface area contributed by atoms with Crippen LogP contribution in [-0.4, -0.2) is 9.55 Å². The van der Waals surface area contributed by atoms with Crippen molar-refractivity contribution >= 4 is 5.69 Å². The molecule has 2 heterocycles. The van der Waals surface area contributed by atoms with Gasteiger partial charge in [0.15, 0.2) is 0 Å². The number of benzene rings is 1. The van der Waals surface area contributed by atoms with Gasteiger partial charge in [-0.3, -0.25) is 0 Å². The molecule has 1 aliphatic rings. The van der Waals surface area contributed by atoms with E-state index in [1.54, 1.807) is 0 Å². The lowest BCUT2D eigenvalue weighted by molar-refractivity contribution is 0.394. The Morgan fingerprint density at radius 3 is 3.12 bits per heavy atom. The van der Waals surface area contributed by atoms with Crippen LogP contribution in [0.5, 0.6) is 0 Å². The molecule has 2 aromatic rings. The van der Waals surface area contributed by atoms with Gasteiger partial charge in [-0.25, -0.2) is 4.98 Å². The van der Waals surface area contributed by atoms with E-state index in [2.05, 4.69) is 23.8 Å². The molecule has 0 radical (unpaired) electrons. The summed E-state index contributed by atoms with van der Waals surface area (Å²) in [6.45, 7) is 3.38. The van der Waals surface area contributed by atoms with Crippen LogP contribution in [-0.2, 0) is 13.0 Å². The zero-order valence-electron chi connectivity index (χ0n) is 10.1. The molecule has 0 aliphatic carbocycles. The summed E-state index contributed by atoms with van der Waals surface area (Å²) < 4.78 is 2.28. The summed E-state index contributed by atoms with van der Waals surface area (Å²) in [7, 11) is 0. The molecular weight excluding hydrogens is 210 g/mol. The highest BCUT2D eigenvalue weighted by atomic mass is 15.1. The third-order valence-corrected chi connectivity index (χ3v) is 3.41. The van der Waals surface area contributed by atoms with Gasteiger partial charge < -0.3 is 10.3 Å². The molecule has 1 atom stereocenters. The number of aromatic nitrogens is 2. The topological polar surface area (TPSA) is 43.8 Å². The van der Waals surface area contributed by atoms with Gasteiger partial charge in [0.25, 0.3) is 0 Å². The highest BCUT2D eigenvalue weighted by molar-refractivity contribution is 5.63. The fourth-order valence-corrected chi connectivity index (χ4v) is 2.45. The molecular formula is C14H17N3. The van der Waals surface area contributed by atoms with Crippen molar-refractivity contribution in [1.82, 2.24) is 9.55 Å². The molecule has 0 bridgehead atoms. The van der Waals surface area contributed by atoms with Crippen molar-refractivity contribution in [3.05, 3.63) is 36.3 Å². The van der Waals surface area contributed by atoms with Crippen LogP contribution in [0.1, 0.15) is 19.2 Å². The minimum Gasteiger partial charge on any atom is -0.399 e. The molecule has 0 unspecified atom stereocenters. The van der Waals surface area contributed by atoms with Crippen molar-refractivity contribution in [3.63, 3.8) is 0 Å². The fraction of sp³-hybridized carbons (Fsp3) is 0.357. The predicted molar refractivity (Wildman–Crippen MR) is 69.6 cm³/mol. The zero-order chi connectivity index (χ0) is 11.8. The van der Waals surface area contributed by atoms with E-state index in [9.17, 15) is 0 Å². The highest BCUT2D eigenvalue weighted by Gasteiger charge is 2.17. The van der Waals surface area contributed by atoms with Gasteiger partial charge in [0.2, 0.25) is 0 Å². The smallest absolute Gasteiger partial charge is 0.109 e. The molecule has 3 rings (SSSR count). The van der Waals surface area contributed by atoms with Crippen LogP contribution in [0, 0.1) is 5.92 Å². The minimum atomic E-state index is 0.755. The van der Waals surface area contributed by atoms with Gasteiger partial charge in [-0.1, -0.05) is 19.1 Å². The third-order valence-electron chi connectivity index (χ3n) is 3.41. The minimum absolute atomic E-state index is 0.755. The van der Waals surface area contributed by atoms with Crippen LogP contribution in [0.15, 0.2) is 30.5 Å². The Morgan fingerprint density at radius 2 is 2.29 bits per heavy atom. The second kappa shape index (κ2) is 3.91. The molecule has 1 aromatic carbocycles. The molecule has 0 amide bonds. The quantitative estimate of drug-likeness (QED) is 0.761. The van der Waals surface area contributed by atoms with E-state index in [1.165, 1.54) is 12.2 Å². The number of rotatable bonds is 1. The molecule has 0 spiro atoms. The first-order valence-electron chi connectivity index (χ1n) is 6.14. The van der Waals surface area contributed by atoms with Gasteiger partial charge in [-0.2, -0.15) is 0 Å². The fourth-order valence-electron chi connectivity index (χ4n) is 2.45. The summed E-state index contributed by atoms with van der Waals surface area (Å²) in [6, 6.07) is 7.93. The Balaban J connectivity index is 2.00. The maximum atomic E-state index is 5.81. The Hall–Kier alpha value is -1.77. The average Bonchev–Trinajstić information content (AvgIpc) is 2.72. The van der Waals surface area contributed by atoms with E-state index in [4.69, 9.17) is 10.7 Å². The van der Waals surface area contributed by atoms with E-state index in [-0.39, 0.29) is 0 Å². The predicted octanol–water partition coefficient (Wildman–Crippen LogP) is 2.71. The summed E-state index contributed by atoms with van der Waals surface area (Å²) in [5.74, 6) is 1.96. The molecule has 17 heavy (non-hydrogen) atoms. The van der Waals surface area contributed by atoms with E-state index in [0.717, 1.165) is 35.8 Å². The van der Waals surface area contributed by atoms with Gasteiger partial charge >= 0.3 is 0 Å². The first kappa shape index (κ1) is 10.4. The summed E-state index contributed by atoms with van der Waals surface area (Å²) in [4.78, 5) is 4.70. The number of hydrogen-bond acceptors (Lipinski definition) is 2. The van der Waals surface area contributed by atoms with E-state index < -0.39 is 0 Å². The number of aryl methyl sites for hydroxylation is 1. The lowest BCUT2D eigenvalue weighted by Crippen LogP contribution is -2.17. The maximum absolute atomic E-state index is 5.81. The zero-order valence-corrected chi connectivity index (χ0v) is 10.1. The SMILES string of the molecule is C[C@H]1CCc2nc(-c3cccc(N)c3)cn2C1. The largest absolute Gasteiger partial charge is 0.399 e. The second-order valence-electron chi connectivity index (χ2n) is 4.96. The Labute approximate surface area is 101 Å². The van der Waals surface area contributed by atoms with Crippen molar-refractivity contribution in [1.29, 1.82) is 0 Å². The lowest BCUT2D eigenvalue weighted by Gasteiger charge is -2.19. The van der Waals surface area contributed by atoms with Crippen molar-refractivity contribution in [2.75, 3.05) is 5.73 Å². The van der Waals surface area contributed by atoms with E-state index >= 15 is 0 Å². The number of imidazole rings is 1. The number of fused-ring (bicyclic) bond motifs is 1. The molecule has 2 N–H and O–H groups in total.